The summed E-state index contributed by atoms with van der Waals surface area (Å²) in [5.41, 5.74) is 0. The fourth-order valence-electron chi connectivity index (χ4n) is 0.340. The van der Waals surface area contributed by atoms with Crippen LogP contribution in [0.2, 0.25) is 0 Å². The van der Waals surface area contributed by atoms with Crippen molar-refractivity contribution in [3.05, 3.63) is 46.6 Å². The normalized spacial score (nSPS) is 9.78. The third-order valence-electron chi connectivity index (χ3n) is 0.586. The number of hydrogen-bond acceptors (Lipinski definition) is 0. The number of allylic oxidation sites excluding steroid dienone is 4. The predicted octanol–water partition coefficient (Wildman–Crippen LogP) is 2.65. The standard InChI is InChI=1S/C5H5.3CH3.Sc/c1-2-4-5-3-1;;;;/h1-3H,4H2;3*1H3;/q4*-1;. The largest absolute Gasteiger partial charge is 0.358 e. The van der Waals surface area contributed by atoms with Gasteiger partial charge in [0.15, 0.2) is 0 Å². The summed E-state index contributed by atoms with van der Waals surface area (Å²) in [6.07, 6.45) is 10.0. The minimum Gasteiger partial charge on any atom is -0.358 e. The first-order valence-electron chi connectivity index (χ1n) is 1.72. The molecule has 0 atom stereocenters. The van der Waals surface area contributed by atoms with Gasteiger partial charge >= 0.3 is 0 Å². The van der Waals surface area contributed by atoms with Crippen molar-refractivity contribution in [1.82, 2.24) is 0 Å². The van der Waals surface area contributed by atoms with E-state index in [0.29, 0.717) is 0 Å². The summed E-state index contributed by atoms with van der Waals surface area (Å²) in [6, 6.07) is 0. The SMILES string of the molecule is [C-]1=CC=CC1.[CH3-].[CH3-].[CH3-].[Sc]. The van der Waals surface area contributed by atoms with Gasteiger partial charge in [0.05, 0.1) is 0 Å². The van der Waals surface area contributed by atoms with Crippen molar-refractivity contribution in [2.45, 2.75) is 6.42 Å². The molecule has 0 bridgehead atoms. The Bertz CT molecular complexity index is 62.6. The van der Waals surface area contributed by atoms with Gasteiger partial charge in [0.25, 0.3) is 0 Å². The van der Waals surface area contributed by atoms with Crippen molar-refractivity contribution in [3.8, 4) is 0 Å². The Hall–Kier alpha value is 0.350. The van der Waals surface area contributed by atoms with E-state index in [1.165, 1.54) is 0 Å². The van der Waals surface area contributed by atoms with E-state index in [1.807, 2.05) is 12.2 Å². The molecule has 9 heavy (non-hydrogen) atoms. The van der Waals surface area contributed by atoms with Crippen LogP contribution in [0.15, 0.2) is 18.2 Å². The molecule has 0 N–H and O–H groups in total. The molecule has 1 rings (SSSR count). The molecule has 0 saturated carbocycles. The summed E-state index contributed by atoms with van der Waals surface area (Å²) in [6.45, 7) is 0. The summed E-state index contributed by atoms with van der Waals surface area (Å²) in [4.78, 5) is 0. The maximum atomic E-state index is 2.99. The van der Waals surface area contributed by atoms with Crippen LogP contribution in [-0.2, 0) is 25.8 Å². The van der Waals surface area contributed by atoms with Gasteiger partial charge in [0.2, 0.25) is 0 Å². The molecule has 0 aromatic carbocycles. The van der Waals surface area contributed by atoms with Crippen LogP contribution < -0.4 is 0 Å². The maximum absolute atomic E-state index is 2.99. The number of hydrogen-bond donors (Lipinski definition) is 0. The Morgan fingerprint density at radius 2 is 1.67 bits per heavy atom. The van der Waals surface area contributed by atoms with Gasteiger partial charge in [-0.05, 0) is 0 Å². The molecule has 1 heteroatoms. The maximum Gasteiger partial charge on any atom is 0 e. The Morgan fingerprint density at radius 1 is 1.11 bits per heavy atom. The Morgan fingerprint density at radius 3 is 1.78 bits per heavy atom. The number of rotatable bonds is 0. The van der Waals surface area contributed by atoms with Gasteiger partial charge in [-0.3, -0.25) is 6.08 Å². The van der Waals surface area contributed by atoms with E-state index >= 15 is 0 Å². The first-order valence-corrected chi connectivity index (χ1v) is 1.72. The van der Waals surface area contributed by atoms with Crippen molar-refractivity contribution >= 4 is 0 Å². The van der Waals surface area contributed by atoms with E-state index in [-0.39, 0.29) is 48.1 Å². The molecule has 0 aliphatic heterocycles. The van der Waals surface area contributed by atoms with Gasteiger partial charge < -0.3 is 22.3 Å². The zero-order chi connectivity index (χ0) is 3.54. The van der Waals surface area contributed by atoms with Crippen molar-refractivity contribution < 1.29 is 25.8 Å². The average molecular weight is 155 g/mol. The molecule has 0 aromatic heterocycles. The van der Waals surface area contributed by atoms with Crippen molar-refractivity contribution in [1.29, 1.82) is 0 Å². The van der Waals surface area contributed by atoms with Crippen molar-refractivity contribution in [3.63, 3.8) is 0 Å². The molecular weight excluding hydrogens is 141 g/mol. The third kappa shape index (κ3) is 11.8. The first kappa shape index (κ1) is 22.8. The summed E-state index contributed by atoms with van der Waals surface area (Å²) in [5.74, 6) is 0. The van der Waals surface area contributed by atoms with Crippen LogP contribution in [0.4, 0.5) is 0 Å². The molecule has 53 valence electrons. The monoisotopic (exact) mass is 155 g/mol. The molecular formula is C8H14Sc-4. The molecule has 0 nitrogen and oxygen atoms in total. The van der Waals surface area contributed by atoms with Gasteiger partial charge in [-0.2, -0.15) is 6.08 Å². The summed E-state index contributed by atoms with van der Waals surface area (Å²) in [5, 5.41) is 0. The predicted molar refractivity (Wildman–Crippen MR) is 40.8 cm³/mol. The second-order valence-corrected chi connectivity index (χ2v) is 1.00. The summed E-state index contributed by atoms with van der Waals surface area (Å²) in [7, 11) is 0. The van der Waals surface area contributed by atoms with E-state index < -0.39 is 0 Å². The zero-order valence-corrected chi connectivity index (χ0v) is 8.32. The average Bonchev–Trinajstić information content (AvgIpc) is 1.76. The van der Waals surface area contributed by atoms with Crippen molar-refractivity contribution in [2.75, 3.05) is 0 Å². The Labute approximate surface area is 78.8 Å². The van der Waals surface area contributed by atoms with Crippen LogP contribution in [0.3, 0.4) is 0 Å². The van der Waals surface area contributed by atoms with Crippen LogP contribution in [0, 0.1) is 28.4 Å². The smallest absolute Gasteiger partial charge is 0 e. The van der Waals surface area contributed by atoms with Crippen LogP contribution in [0.1, 0.15) is 6.42 Å². The second kappa shape index (κ2) is 15.8. The minimum atomic E-state index is 0. The van der Waals surface area contributed by atoms with Gasteiger partial charge in [-0.1, -0.05) is 0 Å². The van der Waals surface area contributed by atoms with Crippen LogP contribution >= 0.6 is 0 Å². The quantitative estimate of drug-likeness (QED) is 0.472. The second-order valence-electron chi connectivity index (χ2n) is 1.00. The van der Waals surface area contributed by atoms with E-state index in [1.54, 1.807) is 0 Å². The van der Waals surface area contributed by atoms with Gasteiger partial charge in [0, 0.05) is 25.8 Å². The molecule has 0 saturated heterocycles. The van der Waals surface area contributed by atoms with Crippen LogP contribution in [0.25, 0.3) is 0 Å². The molecule has 0 fully saturated rings. The van der Waals surface area contributed by atoms with E-state index in [2.05, 4.69) is 12.2 Å². The molecule has 0 heterocycles. The molecule has 0 amide bonds. The van der Waals surface area contributed by atoms with Crippen LogP contribution in [-0.4, -0.2) is 0 Å². The summed E-state index contributed by atoms with van der Waals surface area (Å²) < 4.78 is 0. The topological polar surface area (TPSA) is 0 Å². The van der Waals surface area contributed by atoms with Crippen LogP contribution in [0.5, 0.6) is 0 Å². The fraction of sp³-hybridized carbons (Fsp3) is 0.125. The van der Waals surface area contributed by atoms with Crippen molar-refractivity contribution in [2.24, 2.45) is 0 Å². The fourth-order valence-corrected chi connectivity index (χ4v) is 0.340. The Balaban J connectivity index is -0.0000000312. The third-order valence-corrected chi connectivity index (χ3v) is 0.586. The van der Waals surface area contributed by atoms with E-state index in [4.69, 9.17) is 0 Å². The first-order chi connectivity index (χ1) is 2.50. The van der Waals surface area contributed by atoms with E-state index in [0.717, 1.165) is 6.42 Å². The molecule has 0 aromatic rings. The molecule has 1 aliphatic rings. The molecule has 0 spiro atoms. The van der Waals surface area contributed by atoms with Gasteiger partial charge in [0.1, 0.15) is 0 Å². The minimum absolute atomic E-state index is 0. The van der Waals surface area contributed by atoms with Gasteiger partial charge in [-0.25, -0.2) is 12.2 Å². The summed E-state index contributed by atoms with van der Waals surface area (Å²) >= 11 is 0. The Kier molecular flexibility index (Phi) is 39.9. The molecule has 0 unspecified atom stereocenters. The molecule has 1 aliphatic carbocycles. The van der Waals surface area contributed by atoms with Gasteiger partial charge in [-0.15, -0.1) is 6.42 Å². The molecule has 1 radical (unpaired) electrons. The van der Waals surface area contributed by atoms with E-state index in [9.17, 15) is 0 Å². The zero-order valence-electron chi connectivity index (χ0n) is 6.52.